The molecule has 1 aliphatic rings. The minimum Gasteiger partial charge on any atom is -0.489 e. The number of halogens is 1. The average Bonchev–Trinajstić information content (AvgIpc) is 2.96. The number of hydrogen-bond donors (Lipinski definition) is 0. The third-order valence-electron chi connectivity index (χ3n) is 4.25. The molecule has 1 aliphatic heterocycles. The van der Waals surface area contributed by atoms with E-state index in [1.54, 1.807) is 0 Å². The number of fused-ring (bicyclic) bond motifs is 1. The summed E-state index contributed by atoms with van der Waals surface area (Å²) in [7, 11) is 0. The molecule has 3 aromatic carbocycles. The van der Waals surface area contributed by atoms with Gasteiger partial charge < -0.3 is 4.74 Å². The maximum absolute atomic E-state index is 6.08. The molecule has 3 aromatic rings. The van der Waals surface area contributed by atoms with Crippen LogP contribution in [0, 0.1) is 0 Å². The molecule has 1 nitrogen and oxygen atoms in total. The molecule has 0 N–H and O–H groups in total. The molecule has 4 rings (SSSR count). The van der Waals surface area contributed by atoms with Crippen LogP contribution < -0.4 is 4.74 Å². The molecular formula is C21H17ClO. The zero-order chi connectivity index (χ0) is 15.8. The van der Waals surface area contributed by atoms with Crippen LogP contribution in [0.25, 0.3) is 22.3 Å². The van der Waals surface area contributed by atoms with Crippen molar-refractivity contribution in [1.29, 1.82) is 0 Å². The van der Waals surface area contributed by atoms with Crippen molar-refractivity contribution in [2.75, 3.05) is 0 Å². The molecule has 2 heteroatoms. The van der Waals surface area contributed by atoms with Crippen LogP contribution in [0.1, 0.15) is 12.5 Å². The topological polar surface area (TPSA) is 9.23 Å². The molecule has 0 fully saturated rings. The lowest BCUT2D eigenvalue weighted by Gasteiger charge is -2.12. The van der Waals surface area contributed by atoms with Gasteiger partial charge in [0.1, 0.15) is 11.9 Å². The number of rotatable bonds is 2. The van der Waals surface area contributed by atoms with Gasteiger partial charge in [-0.25, -0.2) is 0 Å². The average molecular weight is 321 g/mol. The highest BCUT2D eigenvalue weighted by molar-refractivity contribution is 6.30. The van der Waals surface area contributed by atoms with Gasteiger partial charge in [0.05, 0.1) is 0 Å². The Hall–Kier alpha value is -2.25. The van der Waals surface area contributed by atoms with Crippen LogP contribution in [0.3, 0.4) is 0 Å². The molecular weight excluding hydrogens is 304 g/mol. The zero-order valence-electron chi connectivity index (χ0n) is 12.9. The van der Waals surface area contributed by atoms with Crippen molar-refractivity contribution in [2.24, 2.45) is 0 Å². The second-order valence-corrected chi connectivity index (χ2v) is 6.45. The van der Waals surface area contributed by atoms with Crippen LogP contribution >= 0.6 is 11.6 Å². The lowest BCUT2D eigenvalue weighted by atomic mass is 9.94. The van der Waals surface area contributed by atoms with Crippen LogP contribution in [-0.2, 0) is 6.42 Å². The number of ether oxygens (including phenoxy) is 1. The van der Waals surface area contributed by atoms with Crippen LogP contribution in [0.5, 0.6) is 5.75 Å². The Bertz CT molecular complexity index is 838. The second kappa shape index (κ2) is 5.75. The predicted octanol–water partition coefficient (Wildman–Crippen LogP) is 6.00. The number of benzene rings is 3. The largest absolute Gasteiger partial charge is 0.489 e. The van der Waals surface area contributed by atoms with E-state index < -0.39 is 0 Å². The van der Waals surface area contributed by atoms with Gasteiger partial charge in [-0.15, -0.1) is 0 Å². The van der Waals surface area contributed by atoms with Gasteiger partial charge >= 0.3 is 0 Å². The highest BCUT2D eigenvalue weighted by Gasteiger charge is 2.24. The van der Waals surface area contributed by atoms with E-state index in [2.05, 4.69) is 55.5 Å². The lowest BCUT2D eigenvalue weighted by molar-refractivity contribution is 0.255. The molecule has 0 bridgehead atoms. The van der Waals surface area contributed by atoms with E-state index in [-0.39, 0.29) is 6.10 Å². The van der Waals surface area contributed by atoms with Gasteiger partial charge in [-0.3, -0.25) is 0 Å². The molecule has 0 saturated heterocycles. The summed E-state index contributed by atoms with van der Waals surface area (Å²) >= 11 is 6.04. The fourth-order valence-electron chi connectivity index (χ4n) is 3.17. The summed E-state index contributed by atoms with van der Waals surface area (Å²) in [5.74, 6) is 1.01. The van der Waals surface area contributed by atoms with Crippen molar-refractivity contribution in [3.05, 3.63) is 77.3 Å². The van der Waals surface area contributed by atoms with Crippen molar-refractivity contribution in [2.45, 2.75) is 19.4 Å². The monoisotopic (exact) mass is 320 g/mol. The highest BCUT2D eigenvalue weighted by atomic mass is 35.5. The summed E-state index contributed by atoms with van der Waals surface area (Å²) in [6, 6.07) is 22.9. The summed E-state index contributed by atoms with van der Waals surface area (Å²) in [6.07, 6.45) is 1.18. The summed E-state index contributed by atoms with van der Waals surface area (Å²) in [5, 5.41) is 0.749. The lowest BCUT2D eigenvalue weighted by Crippen LogP contribution is -2.05. The first-order valence-corrected chi connectivity index (χ1v) is 8.23. The first-order chi connectivity index (χ1) is 11.2. The minimum absolute atomic E-state index is 0.224. The molecule has 0 aliphatic carbocycles. The molecule has 1 unspecified atom stereocenters. The Morgan fingerprint density at radius 3 is 2.35 bits per heavy atom. The van der Waals surface area contributed by atoms with E-state index in [1.807, 2.05) is 18.2 Å². The zero-order valence-corrected chi connectivity index (χ0v) is 13.7. The van der Waals surface area contributed by atoms with Crippen molar-refractivity contribution in [3.8, 4) is 28.0 Å². The fourth-order valence-corrected chi connectivity index (χ4v) is 3.30. The summed E-state index contributed by atoms with van der Waals surface area (Å²) in [5.41, 5.74) is 6.01. The highest BCUT2D eigenvalue weighted by Crippen LogP contribution is 2.42. The maximum atomic E-state index is 6.08. The predicted molar refractivity (Wildman–Crippen MR) is 96.1 cm³/mol. The van der Waals surface area contributed by atoms with Crippen LogP contribution in [-0.4, -0.2) is 6.10 Å². The van der Waals surface area contributed by atoms with E-state index in [9.17, 15) is 0 Å². The molecule has 0 spiro atoms. The quantitative estimate of drug-likeness (QED) is 0.563. The summed E-state index contributed by atoms with van der Waals surface area (Å²) in [6.45, 7) is 2.12. The molecule has 23 heavy (non-hydrogen) atoms. The van der Waals surface area contributed by atoms with Crippen molar-refractivity contribution < 1.29 is 4.74 Å². The van der Waals surface area contributed by atoms with Crippen molar-refractivity contribution >= 4 is 11.6 Å². The van der Waals surface area contributed by atoms with Gasteiger partial charge in [0, 0.05) is 17.0 Å². The second-order valence-electron chi connectivity index (χ2n) is 6.02. The number of hydrogen-bond acceptors (Lipinski definition) is 1. The Morgan fingerprint density at radius 2 is 1.61 bits per heavy atom. The minimum atomic E-state index is 0.224. The molecule has 0 saturated carbocycles. The van der Waals surface area contributed by atoms with E-state index in [0.29, 0.717) is 0 Å². The van der Waals surface area contributed by atoms with E-state index in [1.165, 1.54) is 16.7 Å². The van der Waals surface area contributed by atoms with Crippen LogP contribution in [0.15, 0.2) is 66.7 Å². The maximum Gasteiger partial charge on any atom is 0.130 e. The standard InChI is InChI=1S/C21H17ClO/c1-14-11-18-12-17(15-5-3-2-4-6-15)13-20(21(18)23-14)16-7-9-19(22)10-8-16/h2-10,12-14H,11H2,1H3. The van der Waals surface area contributed by atoms with Gasteiger partial charge in [0.2, 0.25) is 0 Å². The van der Waals surface area contributed by atoms with Gasteiger partial charge in [-0.1, -0.05) is 54.1 Å². The third-order valence-corrected chi connectivity index (χ3v) is 4.51. The molecule has 0 amide bonds. The SMILES string of the molecule is CC1Cc2cc(-c3ccccc3)cc(-c3ccc(Cl)cc3)c2O1. The van der Waals surface area contributed by atoms with Crippen LogP contribution in [0.2, 0.25) is 5.02 Å². The van der Waals surface area contributed by atoms with Crippen molar-refractivity contribution in [1.82, 2.24) is 0 Å². The first kappa shape index (κ1) is 14.3. The normalized spacial score (nSPS) is 16.0. The Morgan fingerprint density at radius 1 is 0.870 bits per heavy atom. The Labute approximate surface area is 141 Å². The molecule has 0 aromatic heterocycles. The first-order valence-electron chi connectivity index (χ1n) is 7.85. The molecule has 0 radical (unpaired) electrons. The van der Waals surface area contributed by atoms with Gasteiger partial charge in [0.25, 0.3) is 0 Å². The van der Waals surface area contributed by atoms with Crippen molar-refractivity contribution in [3.63, 3.8) is 0 Å². The van der Waals surface area contributed by atoms with Gasteiger partial charge in [0.15, 0.2) is 0 Å². The molecule has 1 heterocycles. The summed E-state index contributed by atoms with van der Waals surface area (Å²) in [4.78, 5) is 0. The Balaban J connectivity index is 1.90. The molecule has 114 valence electrons. The van der Waals surface area contributed by atoms with E-state index >= 15 is 0 Å². The Kier molecular flexibility index (Phi) is 3.59. The third kappa shape index (κ3) is 2.73. The van der Waals surface area contributed by atoms with E-state index in [4.69, 9.17) is 16.3 Å². The van der Waals surface area contributed by atoms with Gasteiger partial charge in [-0.2, -0.15) is 0 Å². The van der Waals surface area contributed by atoms with Crippen LogP contribution in [0.4, 0.5) is 0 Å². The molecule has 1 atom stereocenters. The summed E-state index contributed by atoms with van der Waals surface area (Å²) < 4.78 is 6.08. The van der Waals surface area contributed by atoms with Gasteiger partial charge in [-0.05, 0) is 53.4 Å². The smallest absolute Gasteiger partial charge is 0.130 e. The fraction of sp³-hybridized carbons (Fsp3) is 0.143. The van der Waals surface area contributed by atoms with E-state index in [0.717, 1.165) is 28.3 Å².